The zero-order chi connectivity index (χ0) is 15.1. The van der Waals surface area contributed by atoms with E-state index in [0.717, 1.165) is 6.54 Å². The van der Waals surface area contributed by atoms with Crippen molar-refractivity contribution in [3.8, 4) is 0 Å². The molecule has 2 aromatic rings. The van der Waals surface area contributed by atoms with Gasteiger partial charge in [-0.1, -0.05) is 57.2 Å². The van der Waals surface area contributed by atoms with E-state index in [2.05, 4.69) is 59.2 Å². The van der Waals surface area contributed by atoms with E-state index in [0.29, 0.717) is 0 Å². The molecule has 0 unspecified atom stereocenters. The molecule has 0 amide bonds. The summed E-state index contributed by atoms with van der Waals surface area (Å²) in [7, 11) is 0. The topological polar surface area (TPSA) is 6.48 Å². The van der Waals surface area contributed by atoms with Crippen molar-refractivity contribution < 1.29 is 0 Å². The molecular weight excluding hydrogens is 256 g/mol. The van der Waals surface area contributed by atoms with Crippen molar-refractivity contribution in [3.05, 3.63) is 48.0 Å². The van der Waals surface area contributed by atoms with E-state index >= 15 is 0 Å². The Hall–Kier alpha value is -1.38. The van der Waals surface area contributed by atoms with Crippen LogP contribution in [0.5, 0.6) is 0 Å². The second-order valence-corrected chi connectivity index (χ2v) is 5.39. The van der Waals surface area contributed by atoms with E-state index in [1.165, 1.54) is 49.1 Å². The van der Waals surface area contributed by atoms with Gasteiger partial charge in [0, 0.05) is 32.7 Å². The van der Waals surface area contributed by atoms with Gasteiger partial charge in [-0.3, -0.25) is 4.90 Å². The van der Waals surface area contributed by atoms with E-state index in [4.69, 9.17) is 0 Å². The largest absolute Gasteiger partial charge is 0.301 e. The first-order valence-electron chi connectivity index (χ1n) is 8.27. The molecule has 0 bridgehead atoms. The molecule has 0 atom stereocenters. The van der Waals surface area contributed by atoms with Crippen LogP contribution in [0, 0.1) is 0 Å². The van der Waals surface area contributed by atoms with Crippen molar-refractivity contribution in [2.24, 2.45) is 0 Å². The summed E-state index contributed by atoms with van der Waals surface area (Å²) in [6.07, 6.45) is 0. The van der Waals surface area contributed by atoms with E-state index in [1.807, 2.05) is 13.8 Å². The molecule has 0 N–H and O–H groups in total. The highest BCUT2D eigenvalue weighted by Crippen LogP contribution is 2.17. The first kappa shape index (κ1) is 16.0. The Morgan fingerprint density at radius 3 is 2.10 bits per heavy atom. The van der Waals surface area contributed by atoms with Gasteiger partial charge in [0.1, 0.15) is 0 Å². The Morgan fingerprint density at radius 1 is 0.810 bits per heavy atom. The molecule has 1 aliphatic heterocycles. The van der Waals surface area contributed by atoms with Gasteiger partial charge >= 0.3 is 0 Å². The minimum atomic E-state index is 1.09. The third-order valence-corrected chi connectivity index (χ3v) is 4.13. The van der Waals surface area contributed by atoms with Crippen LogP contribution in [0.1, 0.15) is 26.3 Å². The van der Waals surface area contributed by atoms with E-state index < -0.39 is 0 Å². The number of benzene rings is 2. The number of fused-ring (bicyclic) bond motifs is 1. The van der Waals surface area contributed by atoms with Gasteiger partial charge in [-0.15, -0.1) is 0 Å². The third kappa shape index (κ3) is 4.29. The molecule has 1 fully saturated rings. The van der Waals surface area contributed by atoms with E-state index in [-0.39, 0.29) is 0 Å². The number of hydrogen-bond acceptors (Lipinski definition) is 2. The van der Waals surface area contributed by atoms with Crippen molar-refractivity contribution in [1.29, 1.82) is 0 Å². The highest BCUT2D eigenvalue weighted by Gasteiger charge is 2.15. The normalized spacial score (nSPS) is 16.5. The lowest BCUT2D eigenvalue weighted by Crippen LogP contribution is -2.45. The predicted octanol–water partition coefficient (Wildman–Crippen LogP) is 4.00. The third-order valence-electron chi connectivity index (χ3n) is 4.13. The molecule has 1 aliphatic rings. The second-order valence-electron chi connectivity index (χ2n) is 5.39. The minimum Gasteiger partial charge on any atom is -0.301 e. The Balaban J connectivity index is 0.000000774. The molecule has 114 valence electrons. The Kier molecular flexibility index (Phi) is 6.21. The fourth-order valence-electron chi connectivity index (χ4n) is 2.86. The van der Waals surface area contributed by atoms with Crippen molar-refractivity contribution in [2.75, 3.05) is 32.7 Å². The van der Waals surface area contributed by atoms with Gasteiger partial charge in [-0.05, 0) is 28.9 Å². The summed E-state index contributed by atoms with van der Waals surface area (Å²) >= 11 is 0. The lowest BCUT2D eigenvalue weighted by molar-refractivity contribution is 0.132. The smallest absolute Gasteiger partial charge is 0.0235 e. The van der Waals surface area contributed by atoms with Crippen LogP contribution in [-0.4, -0.2) is 42.5 Å². The molecular formula is C19H28N2. The maximum atomic E-state index is 2.57. The highest BCUT2D eigenvalue weighted by molar-refractivity contribution is 5.82. The van der Waals surface area contributed by atoms with Gasteiger partial charge in [-0.25, -0.2) is 0 Å². The van der Waals surface area contributed by atoms with Crippen LogP contribution < -0.4 is 0 Å². The predicted molar refractivity (Wildman–Crippen MR) is 92.7 cm³/mol. The van der Waals surface area contributed by atoms with Crippen LogP contribution in [0.2, 0.25) is 0 Å². The second kappa shape index (κ2) is 8.16. The molecule has 0 spiro atoms. The van der Waals surface area contributed by atoms with Gasteiger partial charge in [0.15, 0.2) is 0 Å². The number of rotatable bonds is 3. The van der Waals surface area contributed by atoms with Crippen LogP contribution in [0.4, 0.5) is 0 Å². The molecule has 0 saturated carbocycles. The maximum Gasteiger partial charge on any atom is 0.0235 e. The van der Waals surface area contributed by atoms with Gasteiger partial charge in [0.05, 0.1) is 0 Å². The number of piperazine rings is 1. The average Bonchev–Trinajstić information content (AvgIpc) is 2.57. The molecule has 2 heteroatoms. The number of hydrogen-bond donors (Lipinski definition) is 0. The summed E-state index contributed by atoms with van der Waals surface area (Å²) in [6, 6.07) is 15.5. The summed E-state index contributed by atoms with van der Waals surface area (Å²) in [6.45, 7) is 13.3. The fraction of sp³-hybridized carbons (Fsp3) is 0.474. The van der Waals surface area contributed by atoms with Crippen molar-refractivity contribution in [1.82, 2.24) is 9.80 Å². The molecule has 1 saturated heterocycles. The quantitative estimate of drug-likeness (QED) is 0.840. The van der Waals surface area contributed by atoms with Crippen LogP contribution >= 0.6 is 0 Å². The summed E-state index contributed by atoms with van der Waals surface area (Å²) in [5, 5.41) is 2.69. The Bertz CT molecular complexity index is 542. The maximum absolute atomic E-state index is 2.57. The van der Waals surface area contributed by atoms with E-state index in [1.54, 1.807) is 0 Å². The van der Waals surface area contributed by atoms with Crippen LogP contribution in [-0.2, 0) is 6.54 Å². The van der Waals surface area contributed by atoms with Gasteiger partial charge in [-0.2, -0.15) is 0 Å². The summed E-state index contributed by atoms with van der Waals surface area (Å²) < 4.78 is 0. The summed E-state index contributed by atoms with van der Waals surface area (Å²) in [5.74, 6) is 0. The SMILES string of the molecule is CC.CCN1CCN(Cc2ccc3ccccc3c2)CC1. The first-order chi connectivity index (χ1) is 10.3. The van der Waals surface area contributed by atoms with Gasteiger partial charge in [0.2, 0.25) is 0 Å². The van der Waals surface area contributed by atoms with Crippen LogP contribution in [0.25, 0.3) is 10.8 Å². The first-order valence-corrected chi connectivity index (χ1v) is 8.27. The molecule has 0 radical (unpaired) electrons. The molecule has 3 rings (SSSR count). The van der Waals surface area contributed by atoms with Gasteiger partial charge < -0.3 is 4.90 Å². The lowest BCUT2D eigenvalue weighted by Gasteiger charge is -2.34. The summed E-state index contributed by atoms with van der Waals surface area (Å²) in [4.78, 5) is 5.09. The van der Waals surface area contributed by atoms with Gasteiger partial charge in [0.25, 0.3) is 0 Å². The Labute approximate surface area is 129 Å². The lowest BCUT2D eigenvalue weighted by atomic mass is 10.1. The number of nitrogens with zero attached hydrogens (tertiary/aromatic N) is 2. The summed E-state index contributed by atoms with van der Waals surface area (Å²) in [5.41, 5.74) is 1.43. The van der Waals surface area contributed by atoms with Crippen molar-refractivity contribution >= 4 is 10.8 Å². The highest BCUT2D eigenvalue weighted by atomic mass is 15.3. The monoisotopic (exact) mass is 284 g/mol. The fourth-order valence-corrected chi connectivity index (χ4v) is 2.86. The molecule has 21 heavy (non-hydrogen) atoms. The standard InChI is InChI=1S/C17H22N2.C2H6/c1-2-18-9-11-19(12-10-18)14-15-7-8-16-5-3-4-6-17(16)13-15;1-2/h3-8,13H,2,9-12,14H2,1H3;1-2H3. The number of likely N-dealkylation sites (N-methyl/N-ethyl adjacent to an activating group) is 1. The van der Waals surface area contributed by atoms with Crippen molar-refractivity contribution in [3.63, 3.8) is 0 Å². The Morgan fingerprint density at radius 2 is 1.43 bits per heavy atom. The molecule has 1 heterocycles. The van der Waals surface area contributed by atoms with Crippen LogP contribution in [0.15, 0.2) is 42.5 Å². The molecule has 2 aromatic carbocycles. The molecule has 0 aromatic heterocycles. The molecule has 2 nitrogen and oxygen atoms in total. The van der Waals surface area contributed by atoms with Crippen LogP contribution in [0.3, 0.4) is 0 Å². The van der Waals surface area contributed by atoms with E-state index in [9.17, 15) is 0 Å². The molecule has 0 aliphatic carbocycles. The minimum absolute atomic E-state index is 1.09. The zero-order valence-electron chi connectivity index (χ0n) is 13.7. The average molecular weight is 284 g/mol. The van der Waals surface area contributed by atoms with Crippen molar-refractivity contribution in [2.45, 2.75) is 27.3 Å². The zero-order valence-corrected chi connectivity index (χ0v) is 13.7.